The fourth-order valence-electron chi connectivity index (χ4n) is 9.08. The van der Waals surface area contributed by atoms with E-state index in [1.54, 1.807) is 0 Å². The molecule has 57 heavy (non-hydrogen) atoms. The van der Waals surface area contributed by atoms with Crippen LogP contribution in [0, 0.1) is 0 Å². The Balaban J connectivity index is 0.926. The third-order valence-electron chi connectivity index (χ3n) is 11.8. The Bertz CT molecular complexity index is 3320. The number of nitrogens with one attached hydrogen (secondary N) is 1. The highest BCUT2D eigenvalue weighted by Crippen LogP contribution is 2.42. The lowest BCUT2D eigenvalue weighted by atomic mass is 9.93. The molecular formula is C52H35N3OS. The molecule has 0 fully saturated rings. The molecule has 4 heterocycles. The molecular weight excluding hydrogens is 715 g/mol. The van der Waals surface area contributed by atoms with Crippen molar-refractivity contribution < 1.29 is 4.42 Å². The van der Waals surface area contributed by atoms with E-state index in [1.807, 2.05) is 11.3 Å². The molecule has 2 atom stereocenters. The van der Waals surface area contributed by atoms with Crippen molar-refractivity contribution in [3.05, 3.63) is 199 Å². The summed E-state index contributed by atoms with van der Waals surface area (Å²) < 4.78 is 11.6. The third kappa shape index (κ3) is 5.27. The van der Waals surface area contributed by atoms with Crippen LogP contribution in [0.5, 0.6) is 0 Å². The van der Waals surface area contributed by atoms with Gasteiger partial charge in [0.25, 0.3) is 0 Å². The van der Waals surface area contributed by atoms with Gasteiger partial charge in [-0.2, -0.15) is 0 Å². The fraction of sp³-hybridized carbons (Fsp3) is 0.0577. The zero-order valence-electron chi connectivity index (χ0n) is 30.9. The van der Waals surface area contributed by atoms with Crippen molar-refractivity contribution in [1.29, 1.82) is 0 Å². The number of nitrogens with zero attached hydrogens (tertiary/aromatic N) is 2. The second kappa shape index (κ2) is 12.9. The molecule has 0 bridgehead atoms. The van der Waals surface area contributed by atoms with E-state index in [9.17, 15) is 0 Å². The van der Waals surface area contributed by atoms with Gasteiger partial charge < -0.3 is 8.98 Å². The summed E-state index contributed by atoms with van der Waals surface area (Å²) in [6.07, 6.45) is 0.725. The zero-order valence-corrected chi connectivity index (χ0v) is 31.7. The Hall–Kier alpha value is -6.79. The molecule has 8 aromatic carbocycles. The minimum Gasteiger partial charge on any atom is -0.456 e. The van der Waals surface area contributed by atoms with E-state index >= 15 is 0 Å². The lowest BCUT2D eigenvalue weighted by molar-refractivity contribution is 0.442. The van der Waals surface area contributed by atoms with Crippen LogP contribution in [0.1, 0.15) is 35.3 Å². The second-order valence-corrected chi connectivity index (χ2v) is 16.2. The van der Waals surface area contributed by atoms with E-state index in [4.69, 9.17) is 9.41 Å². The molecule has 11 aromatic rings. The van der Waals surface area contributed by atoms with Crippen LogP contribution in [-0.4, -0.2) is 10.3 Å². The zero-order chi connectivity index (χ0) is 37.5. The molecule has 1 unspecified atom stereocenters. The third-order valence-corrected chi connectivity index (χ3v) is 12.9. The number of rotatable bonds is 5. The van der Waals surface area contributed by atoms with Gasteiger partial charge in [-0.15, -0.1) is 11.3 Å². The molecule has 0 saturated carbocycles. The standard InChI is InChI=1S/C52H35N3OS/c1-3-12-32(13-4-1)42-31-43(54-52(53-42)33-14-5-2-6-15-33)36-23-25-39-41-28-34(24-27-49(41)57-50(39)30-36)35-22-26-40-48(29-35)56-47-21-11-20-46(51(40)47)55-44-18-9-7-16-37(44)38-17-8-10-19-45(38)55/h1-30,42,52-53H,31H2/t42-,52?/m0/s1. The quantitative estimate of drug-likeness (QED) is 0.190. The van der Waals surface area contributed by atoms with Crippen molar-refractivity contribution in [3.63, 3.8) is 0 Å². The van der Waals surface area contributed by atoms with E-state index in [2.05, 4.69) is 192 Å². The van der Waals surface area contributed by atoms with Gasteiger partial charge in [-0.25, -0.2) is 0 Å². The maximum Gasteiger partial charge on any atom is 0.137 e. The highest BCUT2D eigenvalue weighted by atomic mass is 32.1. The summed E-state index contributed by atoms with van der Waals surface area (Å²) in [5, 5.41) is 11.1. The van der Waals surface area contributed by atoms with Crippen LogP contribution in [-0.2, 0) is 0 Å². The van der Waals surface area contributed by atoms with E-state index in [0.29, 0.717) is 0 Å². The van der Waals surface area contributed by atoms with Gasteiger partial charge in [0, 0.05) is 54.5 Å². The van der Waals surface area contributed by atoms with Crippen molar-refractivity contribution in [2.75, 3.05) is 0 Å². The summed E-state index contributed by atoms with van der Waals surface area (Å²) in [5.74, 6) is 0. The molecule has 0 aliphatic carbocycles. The summed E-state index contributed by atoms with van der Waals surface area (Å²) in [4.78, 5) is 5.30. The Kier molecular flexibility index (Phi) is 7.34. The van der Waals surface area contributed by atoms with E-state index in [1.165, 1.54) is 64.2 Å². The number of aliphatic imine (C=N–C) groups is 1. The van der Waals surface area contributed by atoms with Crippen LogP contribution >= 0.6 is 11.3 Å². The average molecular weight is 750 g/mol. The number of thiophene rings is 1. The molecule has 3 aromatic heterocycles. The van der Waals surface area contributed by atoms with Gasteiger partial charge >= 0.3 is 0 Å². The lowest BCUT2D eigenvalue weighted by Gasteiger charge is -2.30. The first-order valence-electron chi connectivity index (χ1n) is 19.6. The van der Waals surface area contributed by atoms with Crippen molar-refractivity contribution in [2.24, 2.45) is 4.99 Å². The highest BCUT2D eigenvalue weighted by Gasteiger charge is 2.26. The Labute approximate surface area is 333 Å². The minimum absolute atomic E-state index is 0.106. The summed E-state index contributed by atoms with van der Waals surface area (Å²) in [6, 6.07) is 65.7. The summed E-state index contributed by atoms with van der Waals surface area (Å²) in [7, 11) is 0. The van der Waals surface area contributed by atoms with Crippen molar-refractivity contribution in [3.8, 4) is 16.8 Å². The topological polar surface area (TPSA) is 42.5 Å². The number of aromatic nitrogens is 1. The predicted molar refractivity (Wildman–Crippen MR) is 239 cm³/mol. The fourth-order valence-corrected chi connectivity index (χ4v) is 10.2. The Morgan fingerprint density at radius 1 is 0.509 bits per heavy atom. The van der Waals surface area contributed by atoms with E-state index < -0.39 is 0 Å². The monoisotopic (exact) mass is 749 g/mol. The summed E-state index contributed by atoms with van der Waals surface area (Å²) in [6.45, 7) is 0. The smallest absolute Gasteiger partial charge is 0.137 e. The van der Waals surface area contributed by atoms with Crippen LogP contribution < -0.4 is 5.32 Å². The number of para-hydroxylation sites is 2. The van der Waals surface area contributed by atoms with E-state index in [-0.39, 0.29) is 12.2 Å². The largest absolute Gasteiger partial charge is 0.456 e. The number of hydrogen-bond acceptors (Lipinski definition) is 4. The SMILES string of the molecule is c1ccc(C2N=C(c3ccc4c(c3)sc3ccc(-c5ccc6c(c5)oc5cccc(-n7c8ccccc8c8ccccc87)c56)cc34)C[C@@H](c3ccccc3)N2)cc1. The highest BCUT2D eigenvalue weighted by molar-refractivity contribution is 7.25. The van der Waals surface area contributed by atoms with Crippen LogP contribution in [0.3, 0.4) is 0 Å². The maximum atomic E-state index is 6.64. The maximum absolute atomic E-state index is 6.64. The Morgan fingerprint density at radius 2 is 1.18 bits per heavy atom. The molecule has 1 aliphatic heterocycles. The molecule has 0 saturated heterocycles. The molecule has 0 spiro atoms. The normalized spacial score (nSPS) is 16.0. The van der Waals surface area contributed by atoms with Crippen LogP contribution in [0.25, 0.3) is 80.7 Å². The van der Waals surface area contributed by atoms with Crippen LogP contribution in [0.2, 0.25) is 0 Å². The first-order chi connectivity index (χ1) is 28.2. The number of fused-ring (bicyclic) bond motifs is 9. The minimum atomic E-state index is -0.106. The van der Waals surface area contributed by atoms with Gasteiger partial charge in [-0.1, -0.05) is 127 Å². The van der Waals surface area contributed by atoms with Crippen LogP contribution in [0.15, 0.2) is 191 Å². The number of hydrogen-bond donors (Lipinski definition) is 1. The molecule has 270 valence electrons. The molecule has 1 N–H and O–H groups in total. The molecule has 0 amide bonds. The molecule has 4 nitrogen and oxygen atoms in total. The molecule has 12 rings (SSSR count). The van der Waals surface area contributed by atoms with Gasteiger partial charge in [-0.05, 0) is 82.4 Å². The van der Waals surface area contributed by atoms with Crippen molar-refractivity contribution >= 4 is 81.0 Å². The van der Waals surface area contributed by atoms with Gasteiger partial charge in [0.15, 0.2) is 0 Å². The predicted octanol–water partition coefficient (Wildman–Crippen LogP) is 13.9. The summed E-state index contributed by atoms with van der Waals surface area (Å²) >= 11 is 1.85. The number of benzene rings is 8. The lowest BCUT2D eigenvalue weighted by Crippen LogP contribution is -2.33. The van der Waals surface area contributed by atoms with Gasteiger partial charge in [-0.3, -0.25) is 10.3 Å². The first kappa shape index (κ1) is 32.5. The van der Waals surface area contributed by atoms with Gasteiger partial charge in [0.05, 0.1) is 22.1 Å². The van der Waals surface area contributed by atoms with Gasteiger partial charge in [0.2, 0.25) is 0 Å². The number of furan rings is 1. The summed E-state index contributed by atoms with van der Waals surface area (Å²) in [5.41, 5.74) is 12.4. The van der Waals surface area contributed by atoms with Crippen molar-refractivity contribution in [1.82, 2.24) is 9.88 Å². The van der Waals surface area contributed by atoms with Gasteiger partial charge in [0.1, 0.15) is 17.3 Å². The molecule has 5 heteroatoms. The second-order valence-electron chi connectivity index (χ2n) is 15.1. The van der Waals surface area contributed by atoms with E-state index in [0.717, 1.165) is 45.3 Å². The molecule has 1 aliphatic rings. The van der Waals surface area contributed by atoms with Crippen molar-refractivity contribution in [2.45, 2.75) is 18.6 Å². The Morgan fingerprint density at radius 3 is 1.96 bits per heavy atom. The molecule has 0 radical (unpaired) electrons. The first-order valence-corrected chi connectivity index (χ1v) is 20.4. The van der Waals surface area contributed by atoms with Crippen LogP contribution in [0.4, 0.5) is 0 Å². The average Bonchev–Trinajstić information content (AvgIpc) is 3.95.